The van der Waals surface area contributed by atoms with Crippen molar-refractivity contribution >= 4 is 39.4 Å². The van der Waals surface area contributed by atoms with Crippen LogP contribution in [0.5, 0.6) is 0 Å². The van der Waals surface area contributed by atoms with Crippen LogP contribution >= 0.6 is 0 Å². The van der Waals surface area contributed by atoms with Crippen LogP contribution in [0, 0.1) is 22.7 Å². The van der Waals surface area contributed by atoms with Gasteiger partial charge in [0.1, 0.15) is 0 Å². The maximum absolute atomic E-state index is 13.1. The van der Waals surface area contributed by atoms with Gasteiger partial charge in [0.15, 0.2) is 0 Å². The molecule has 0 radical (unpaired) electrons. The van der Waals surface area contributed by atoms with Crippen molar-refractivity contribution in [1.82, 2.24) is 0 Å². The van der Waals surface area contributed by atoms with Crippen LogP contribution < -0.4 is 4.46 Å². The molecule has 2 rings (SSSR count). The first kappa shape index (κ1) is 21.7. The Hall–Kier alpha value is -1.61. The van der Waals surface area contributed by atoms with Crippen LogP contribution in [0.1, 0.15) is 13.8 Å². The molecule has 3 atom stereocenters. The summed E-state index contributed by atoms with van der Waals surface area (Å²) in [4.78, 5) is 25.9. The zero-order valence-corrected chi connectivity index (χ0v) is 19.2. The van der Waals surface area contributed by atoms with E-state index in [9.17, 15) is 14.9 Å². The second-order valence-electron chi connectivity index (χ2n) is 7.66. The zero-order valence-electron chi connectivity index (χ0n) is 16.5. The molecule has 5 nitrogen and oxygen atoms in total. The van der Waals surface area contributed by atoms with Crippen molar-refractivity contribution < 1.29 is 19.1 Å². The predicted octanol–water partition coefficient (Wildman–Crippen LogP) is 2.78. The average Bonchev–Trinajstić information content (AvgIpc) is 2.58. The van der Waals surface area contributed by atoms with Gasteiger partial charge in [-0.05, 0) is 0 Å². The number of carbonyl (C=O) groups excluding carboxylic acids is 2. The summed E-state index contributed by atoms with van der Waals surface area (Å²) < 4.78 is 11.7. The maximum atomic E-state index is 13.1. The topological polar surface area (TPSA) is 76.4 Å². The fraction of sp³-hybridized carbons (Fsp3) is 0.550. The molecule has 1 fully saturated rings. The zero-order chi connectivity index (χ0) is 20.2. The third-order valence-electron chi connectivity index (χ3n) is 5.00. The number of ether oxygens (including phenoxy) is 2. The molecule has 0 spiro atoms. The molecule has 0 aliphatic heterocycles. The van der Waals surface area contributed by atoms with E-state index in [0.717, 1.165) is 4.46 Å². The van der Waals surface area contributed by atoms with Gasteiger partial charge in [-0.15, -0.1) is 0 Å². The number of hydrogen-bond acceptors (Lipinski definition) is 5. The first-order chi connectivity index (χ1) is 12.7. The molecular formula is C20H27NO4SeSi. The van der Waals surface area contributed by atoms with Gasteiger partial charge in [-0.25, -0.2) is 0 Å². The van der Waals surface area contributed by atoms with Gasteiger partial charge >= 0.3 is 169 Å². The van der Waals surface area contributed by atoms with Crippen LogP contribution in [0.3, 0.4) is 0 Å². The van der Waals surface area contributed by atoms with Crippen molar-refractivity contribution in [3.8, 4) is 6.07 Å². The summed E-state index contributed by atoms with van der Waals surface area (Å²) >= 11 is -0.154. The second kappa shape index (κ2) is 8.60. The molecule has 1 aliphatic carbocycles. The Morgan fingerprint density at radius 2 is 1.63 bits per heavy atom. The van der Waals surface area contributed by atoms with E-state index >= 15 is 0 Å². The van der Waals surface area contributed by atoms with Crippen molar-refractivity contribution in [2.24, 2.45) is 11.3 Å². The molecule has 7 heteroatoms. The summed E-state index contributed by atoms with van der Waals surface area (Å²) in [5, 5.41) is 9.94. The number of nitriles is 1. The summed E-state index contributed by atoms with van der Waals surface area (Å²) in [7, 11) is -1.82. The number of esters is 2. The van der Waals surface area contributed by atoms with Gasteiger partial charge in [-0.2, -0.15) is 0 Å². The van der Waals surface area contributed by atoms with Crippen molar-refractivity contribution in [2.45, 2.75) is 43.8 Å². The molecule has 0 amide bonds. The Morgan fingerprint density at radius 1 is 1.11 bits per heavy atom. The summed E-state index contributed by atoms with van der Waals surface area (Å²) in [5.41, 5.74) is -1.47. The molecule has 146 valence electrons. The number of carbonyl (C=O) groups is 2. The van der Waals surface area contributed by atoms with E-state index < -0.39 is 31.3 Å². The van der Waals surface area contributed by atoms with E-state index in [0.29, 0.717) is 0 Å². The van der Waals surface area contributed by atoms with Crippen molar-refractivity contribution in [1.29, 1.82) is 5.26 Å². The van der Waals surface area contributed by atoms with Crippen LogP contribution in [-0.2, 0) is 19.1 Å². The summed E-state index contributed by atoms with van der Waals surface area (Å²) in [6.07, 6.45) is 0. The van der Waals surface area contributed by atoms with E-state index in [4.69, 9.17) is 9.47 Å². The fourth-order valence-corrected chi connectivity index (χ4v) is 12.3. The molecule has 0 bridgehead atoms. The van der Waals surface area contributed by atoms with Gasteiger partial charge in [0, 0.05) is 0 Å². The van der Waals surface area contributed by atoms with E-state index in [2.05, 4.69) is 25.7 Å². The Labute approximate surface area is 168 Å². The van der Waals surface area contributed by atoms with Gasteiger partial charge in [0.05, 0.1) is 0 Å². The summed E-state index contributed by atoms with van der Waals surface area (Å²) in [6.45, 7) is 10.3. The number of nitrogens with zero attached hydrogens (tertiary/aromatic N) is 1. The SMILES string of the molecule is CCOC(=O)C1(C(=O)OCC)[C@H]([Se]c2ccccc2)[C@@H]([Si](C)(C)C)[C@@H]1C#N. The Morgan fingerprint density at radius 3 is 2.04 bits per heavy atom. The molecule has 0 aromatic heterocycles. The first-order valence-corrected chi connectivity index (χ1v) is 14.6. The summed E-state index contributed by atoms with van der Waals surface area (Å²) in [5.74, 6) is -1.91. The molecule has 0 heterocycles. The van der Waals surface area contributed by atoms with Crippen LogP contribution in [0.25, 0.3) is 0 Å². The summed E-state index contributed by atoms with van der Waals surface area (Å²) in [6, 6.07) is 12.2. The van der Waals surface area contributed by atoms with Crippen LogP contribution in [0.15, 0.2) is 30.3 Å². The molecule has 1 saturated carbocycles. The first-order valence-electron chi connectivity index (χ1n) is 9.20. The van der Waals surface area contributed by atoms with Crippen LogP contribution in [0.4, 0.5) is 0 Å². The van der Waals surface area contributed by atoms with E-state index in [1.165, 1.54) is 0 Å². The third kappa shape index (κ3) is 3.84. The molecular weight excluding hydrogens is 425 g/mol. The molecule has 0 unspecified atom stereocenters. The van der Waals surface area contributed by atoms with E-state index in [-0.39, 0.29) is 38.5 Å². The third-order valence-corrected chi connectivity index (χ3v) is 11.3. The Bertz CT molecular complexity index is 708. The quantitative estimate of drug-likeness (QED) is 0.361. The number of benzene rings is 1. The van der Waals surface area contributed by atoms with E-state index in [1.54, 1.807) is 13.8 Å². The van der Waals surface area contributed by atoms with Crippen LogP contribution in [-0.4, -0.2) is 48.2 Å². The second-order valence-corrected chi connectivity index (χ2v) is 15.6. The van der Waals surface area contributed by atoms with Gasteiger partial charge in [0.25, 0.3) is 0 Å². The van der Waals surface area contributed by atoms with Crippen molar-refractivity contribution in [2.75, 3.05) is 13.2 Å². The fourth-order valence-electron chi connectivity index (χ4n) is 3.82. The molecule has 1 aliphatic rings. The van der Waals surface area contributed by atoms with Gasteiger partial charge in [-0.1, -0.05) is 0 Å². The van der Waals surface area contributed by atoms with Crippen molar-refractivity contribution in [3.63, 3.8) is 0 Å². The van der Waals surface area contributed by atoms with Gasteiger partial charge < -0.3 is 0 Å². The average molecular weight is 452 g/mol. The van der Waals surface area contributed by atoms with Crippen molar-refractivity contribution in [3.05, 3.63) is 30.3 Å². The minimum absolute atomic E-state index is 0.0384. The Balaban J connectivity index is 2.58. The van der Waals surface area contributed by atoms with Crippen LogP contribution in [0.2, 0.25) is 30.0 Å². The number of hydrogen-bond donors (Lipinski definition) is 0. The predicted molar refractivity (Wildman–Crippen MR) is 107 cm³/mol. The number of rotatable bonds is 7. The Kier molecular flexibility index (Phi) is 6.90. The standard InChI is InChI=1S/C20H27NO4SeSi/c1-6-24-18(22)20(19(23)25-7-2)15(13-21)16(27(3,4)5)17(20)26-14-11-9-8-10-12-14/h8-12,15-17H,6-7H2,1-5H3/t15-,16-,17+/m0/s1. The molecule has 0 saturated heterocycles. The molecule has 1 aromatic carbocycles. The molecule has 1 aromatic rings. The molecule has 27 heavy (non-hydrogen) atoms. The normalized spacial score (nSPS) is 23.6. The molecule has 0 N–H and O–H groups in total. The minimum atomic E-state index is -1.82. The van der Waals surface area contributed by atoms with Gasteiger partial charge in [-0.3, -0.25) is 0 Å². The monoisotopic (exact) mass is 453 g/mol. The van der Waals surface area contributed by atoms with E-state index in [1.807, 2.05) is 30.3 Å². The van der Waals surface area contributed by atoms with Gasteiger partial charge in [0.2, 0.25) is 0 Å².